The zero-order valence-corrected chi connectivity index (χ0v) is 19.5. The quantitative estimate of drug-likeness (QED) is 0.436. The third-order valence-corrected chi connectivity index (χ3v) is 5.87. The molecule has 0 radical (unpaired) electrons. The van der Waals surface area contributed by atoms with Gasteiger partial charge in [0, 0.05) is 30.0 Å². The number of rotatable bonds is 7. The van der Waals surface area contributed by atoms with Crippen molar-refractivity contribution in [3.8, 4) is 22.3 Å². The van der Waals surface area contributed by atoms with Crippen LogP contribution in [0.25, 0.3) is 22.3 Å². The minimum absolute atomic E-state index is 0.374. The van der Waals surface area contributed by atoms with Gasteiger partial charge in [-0.2, -0.15) is 0 Å². The summed E-state index contributed by atoms with van der Waals surface area (Å²) in [6.07, 6.45) is 3.12. The van der Waals surface area contributed by atoms with Crippen molar-refractivity contribution in [3.05, 3.63) is 64.8 Å². The number of nitrogens with one attached hydrogen (secondary N) is 2. The number of anilines is 2. The van der Waals surface area contributed by atoms with Gasteiger partial charge >= 0.3 is 0 Å². The lowest BCUT2D eigenvalue weighted by Crippen LogP contribution is -2.10. The van der Waals surface area contributed by atoms with Crippen molar-refractivity contribution in [2.75, 3.05) is 17.2 Å². The second-order valence-electron chi connectivity index (χ2n) is 8.49. The molecular formula is C27H35N3. The summed E-state index contributed by atoms with van der Waals surface area (Å²) in [6, 6.07) is 13.5. The van der Waals surface area contributed by atoms with Crippen LogP contribution in [-0.4, -0.2) is 17.6 Å². The zero-order chi connectivity index (χ0) is 21.8. The highest BCUT2D eigenvalue weighted by atomic mass is 15.0. The van der Waals surface area contributed by atoms with Crippen LogP contribution >= 0.6 is 0 Å². The summed E-state index contributed by atoms with van der Waals surface area (Å²) in [5.74, 6) is 0.922. The van der Waals surface area contributed by atoms with Gasteiger partial charge in [-0.15, -0.1) is 0 Å². The average molecular weight is 402 g/mol. The van der Waals surface area contributed by atoms with E-state index in [9.17, 15) is 0 Å². The lowest BCUT2D eigenvalue weighted by Gasteiger charge is -2.21. The molecule has 1 heterocycles. The molecule has 0 amide bonds. The largest absolute Gasteiger partial charge is 0.385 e. The maximum absolute atomic E-state index is 4.63. The monoisotopic (exact) mass is 401 g/mol. The van der Waals surface area contributed by atoms with Gasteiger partial charge in [0.2, 0.25) is 0 Å². The molecule has 0 spiro atoms. The van der Waals surface area contributed by atoms with E-state index >= 15 is 0 Å². The van der Waals surface area contributed by atoms with Crippen molar-refractivity contribution < 1.29 is 0 Å². The van der Waals surface area contributed by atoms with Crippen LogP contribution in [0.3, 0.4) is 0 Å². The van der Waals surface area contributed by atoms with Gasteiger partial charge in [-0.3, -0.25) is 0 Å². The van der Waals surface area contributed by atoms with Crippen molar-refractivity contribution in [2.24, 2.45) is 0 Å². The highest BCUT2D eigenvalue weighted by molar-refractivity contribution is 5.83. The van der Waals surface area contributed by atoms with E-state index in [0.717, 1.165) is 18.8 Å². The van der Waals surface area contributed by atoms with Crippen molar-refractivity contribution in [1.29, 1.82) is 0 Å². The normalized spacial score (nSPS) is 11.1. The molecule has 2 N–H and O–H groups in total. The minimum atomic E-state index is 0.374. The van der Waals surface area contributed by atoms with E-state index in [0.29, 0.717) is 6.04 Å². The van der Waals surface area contributed by atoms with Gasteiger partial charge in [-0.25, -0.2) is 4.98 Å². The summed E-state index contributed by atoms with van der Waals surface area (Å²) in [5, 5.41) is 6.83. The molecule has 0 saturated heterocycles. The van der Waals surface area contributed by atoms with E-state index < -0.39 is 0 Å². The van der Waals surface area contributed by atoms with Crippen LogP contribution in [0.15, 0.2) is 42.6 Å². The molecule has 1 aromatic heterocycles. The Labute approximate surface area is 182 Å². The first-order valence-electron chi connectivity index (χ1n) is 11.0. The Balaban J connectivity index is 2.02. The second-order valence-corrected chi connectivity index (χ2v) is 8.49. The summed E-state index contributed by atoms with van der Waals surface area (Å²) in [6.45, 7) is 16.4. The second kappa shape index (κ2) is 9.34. The predicted octanol–water partition coefficient (Wildman–Crippen LogP) is 7.29. The van der Waals surface area contributed by atoms with E-state index in [1.54, 1.807) is 0 Å². The van der Waals surface area contributed by atoms with Gasteiger partial charge in [0.25, 0.3) is 0 Å². The maximum atomic E-state index is 4.63. The molecule has 3 heteroatoms. The van der Waals surface area contributed by atoms with Crippen LogP contribution < -0.4 is 10.6 Å². The fourth-order valence-corrected chi connectivity index (χ4v) is 4.13. The highest BCUT2D eigenvalue weighted by Crippen LogP contribution is 2.39. The van der Waals surface area contributed by atoms with E-state index in [-0.39, 0.29) is 0 Å². The van der Waals surface area contributed by atoms with E-state index in [4.69, 9.17) is 0 Å². The molecule has 0 aliphatic heterocycles. The Bertz CT molecular complexity index is 971. The topological polar surface area (TPSA) is 37.0 Å². The van der Waals surface area contributed by atoms with Crippen LogP contribution in [-0.2, 0) is 0 Å². The lowest BCUT2D eigenvalue weighted by molar-refractivity contribution is 0.889. The molecule has 3 aromatic rings. The standard InChI is InChI=1S/C27H35N3/c1-8-15-28-24-12-9-22(10-13-24)26-18(4)20(6)27(21(7)19(26)5)23-11-14-25(29-16-23)30-17(2)3/h9-14,16-17,28H,8,15H2,1-7H3,(H,29,30). The van der Waals surface area contributed by atoms with Crippen molar-refractivity contribution in [2.45, 2.75) is 60.9 Å². The van der Waals surface area contributed by atoms with Crippen LogP contribution in [0.5, 0.6) is 0 Å². The number of benzene rings is 2. The summed E-state index contributed by atoms with van der Waals surface area (Å²) in [4.78, 5) is 4.63. The molecule has 2 aromatic carbocycles. The molecule has 0 saturated carbocycles. The summed E-state index contributed by atoms with van der Waals surface area (Å²) >= 11 is 0. The third kappa shape index (κ3) is 4.51. The summed E-state index contributed by atoms with van der Waals surface area (Å²) in [7, 11) is 0. The molecular weight excluding hydrogens is 366 g/mol. The number of aromatic nitrogens is 1. The molecule has 0 fully saturated rings. The van der Waals surface area contributed by atoms with Gasteiger partial charge in [0.1, 0.15) is 5.82 Å². The molecule has 158 valence electrons. The molecule has 0 bridgehead atoms. The van der Waals surface area contributed by atoms with Gasteiger partial charge < -0.3 is 10.6 Å². The molecule has 0 aliphatic carbocycles. The average Bonchev–Trinajstić information content (AvgIpc) is 2.73. The fourth-order valence-electron chi connectivity index (χ4n) is 4.13. The molecule has 3 nitrogen and oxygen atoms in total. The minimum Gasteiger partial charge on any atom is -0.385 e. The van der Waals surface area contributed by atoms with Crippen molar-refractivity contribution >= 4 is 11.5 Å². The van der Waals surface area contributed by atoms with E-state index in [1.165, 1.54) is 50.2 Å². The first-order chi connectivity index (χ1) is 14.3. The Kier molecular flexibility index (Phi) is 6.81. The molecule has 0 aliphatic rings. The SMILES string of the molecule is CCCNc1ccc(-c2c(C)c(C)c(-c3ccc(NC(C)C)nc3)c(C)c2C)cc1. The number of pyridine rings is 1. The number of hydrogen-bond donors (Lipinski definition) is 2. The Hall–Kier alpha value is -2.81. The van der Waals surface area contributed by atoms with E-state index in [2.05, 4.69) is 100 Å². The zero-order valence-electron chi connectivity index (χ0n) is 19.5. The molecule has 0 unspecified atom stereocenters. The van der Waals surface area contributed by atoms with Crippen LogP contribution in [0.1, 0.15) is 49.4 Å². The van der Waals surface area contributed by atoms with Crippen LogP contribution in [0.4, 0.5) is 11.5 Å². The summed E-state index contributed by atoms with van der Waals surface area (Å²) in [5.41, 5.74) is 11.6. The Morgan fingerprint density at radius 1 is 0.767 bits per heavy atom. The number of nitrogens with zero attached hydrogens (tertiary/aromatic N) is 1. The van der Waals surface area contributed by atoms with Gasteiger partial charge in [0.05, 0.1) is 0 Å². The van der Waals surface area contributed by atoms with Crippen LogP contribution in [0, 0.1) is 27.7 Å². The van der Waals surface area contributed by atoms with Gasteiger partial charge in [-0.1, -0.05) is 19.1 Å². The maximum Gasteiger partial charge on any atom is 0.126 e. The Morgan fingerprint density at radius 3 is 1.77 bits per heavy atom. The number of hydrogen-bond acceptors (Lipinski definition) is 3. The smallest absolute Gasteiger partial charge is 0.126 e. The van der Waals surface area contributed by atoms with Crippen molar-refractivity contribution in [1.82, 2.24) is 4.98 Å². The molecule has 0 atom stereocenters. The molecule has 30 heavy (non-hydrogen) atoms. The predicted molar refractivity (Wildman–Crippen MR) is 132 cm³/mol. The first kappa shape index (κ1) is 21.9. The third-order valence-electron chi connectivity index (χ3n) is 5.87. The first-order valence-corrected chi connectivity index (χ1v) is 11.0. The Morgan fingerprint density at radius 2 is 1.30 bits per heavy atom. The summed E-state index contributed by atoms with van der Waals surface area (Å²) < 4.78 is 0. The van der Waals surface area contributed by atoms with Crippen molar-refractivity contribution in [3.63, 3.8) is 0 Å². The highest BCUT2D eigenvalue weighted by Gasteiger charge is 2.17. The molecule has 3 rings (SSSR count). The lowest BCUT2D eigenvalue weighted by atomic mass is 9.84. The fraction of sp³-hybridized carbons (Fsp3) is 0.370. The van der Waals surface area contributed by atoms with Gasteiger partial charge in [0.15, 0.2) is 0 Å². The van der Waals surface area contributed by atoms with E-state index in [1.807, 2.05) is 6.20 Å². The van der Waals surface area contributed by atoms with Gasteiger partial charge in [-0.05, 0) is 111 Å². The van der Waals surface area contributed by atoms with Crippen LogP contribution in [0.2, 0.25) is 0 Å².